The Balaban J connectivity index is 1.35. The fourth-order valence-corrected chi connectivity index (χ4v) is 4.27. The normalized spacial score (nSPS) is 15.7. The van der Waals surface area contributed by atoms with E-state index in [1.807, 2.05) is 53.9 Å². The lowest BCUT2D eigenvalue weighted by Crippen LogP contribution is -2.41. The van der Waals surface area contributed by atoms with Crippen LogP contribution in [0, 0.1) is 0 Å². The highest BCUT2D eigenvalue weighted by Gasteiger charge is 2.36. The van der Waals surface area contributed by atoms with E-state index in [1.165, 1.54) is 11.3 Å². The molecule has 152 valence electrons. The fourth-order valence-electron chi connectivity index (χ4n) is 3.59. The lowest BCUT2D eigenvalue weighted by Gasteiger charge is -2.22. The highest BCUT2D eigenvalue weighted by Crippen LogP contribution is 2.23. The van der Waals surface area contributed by atoms with Gasteiger partial charge in [0.2, 0.25) is 0 Å². The van der Waals surface area contributed by atoms with Crippen LogP contribution < -0.4 is 0 Å². The second kappa shape index (κ2) is 9.05. The molecule has 30 heavy (non-hydrogen) atoms. The first kappa shape index (κ1) is 20.0. The van der Waals surface area contributed by atoms with Crippen LogP contribution in [0.25, 0.3) is 11.1 Å². The zero-order valence-electron chi connectivity index (χ0n) is 16.3. The maximum atomic E-state index is 12.6. The quantitative estimate of drug-likeness (QED) is 0.438. The summed E-state index contributed by atoms with van der Waals surface area (Å²) in [5.41, 5.74) is 2.57. The van der Waals surface area contributed by atoms with Crippen molar-refractivity contribution >= 4 is 29.0 Å². The summed E-state index contributed by atoms with van der Waals surface area (Å²) in [6, 6.07) is 20.0. The second-order valence-electron chi connectivity index (χ2n) is 7.11. The van der Waals surface area contributed by atoms with Crippen LogP contribution in [0.1, 0.15) is 32.9 Å². The monoisotopic (exact) mass is 419 g/mol. The van der Waals surface area contributed by atoms with E-state index in [9.17, 15) is 14.4 Å². The Morgan fingerprint density at radius 2 is 1.67 bits per heavy atom. The van der Waals surface area contributed by atoms with E-state index in [1.54, 1.807) is 23.1 Å². The maximum absolute atomic E-state index is 12.6. The minimum atomic E-state index is -0.632. The molecule has 2 aromatic carbocycles. The van der Waals surface area contributed by atoms with Gasteiger partial charge in [-0.05, 0) is 35.4 Å². The van der Waals surface area contributed by atoms with Crippen molar-refractivity contribution in [2.75, 3.05) is 13.2 Å². The van der Waals surface area contributed by atoms with Crippen molar-refractivity contribution < 1.29 is 19.1 Å². The van der Waals surface area contributed by atoms with Gasteiger partial charge >= 0.3 is 5.97 Å². The lowest BCUT2D eigenvalue weighted by atomic mass is 10.0. The number of rotatable bonds is 6. The van der Waals surface area contributed by atoms with Gasteiger partial charge in [0.25, 0.3) is 5.91 Å². The summed E-state index contributed by atoms with van der Waals surface area (Å²) in [6.45, 7) is 0.187. The molecule has 0 radical (unpaired) electrons. The summed E-state index contributed by atoms with van der Waals surface area (Å²) in [4.78, 5) is 39.7. The Morgan fingerprint density at radius 1 is 0.933 bits per heavy atom. The summed E-state index contributed by atoms with van der Waals surface area (Å²) >= 11 is 1.35. The maximum Gasteiger partial charge on any atom is 0.329 e. The molecule has 0 N–H and O–H groups in total. The van der Waals surface area contributed by atoms with Gasteiger partial charge in [0.1, 0.15) is 6.04 Å². The van der Waals surface area contributed by atoms with Gasteiger partial charge in [-0.15, -0.1) is 11.3 Å². The fraction of sp³-hybridized carbons (Fsp3) is 0.208. The minimum absolute atomic E-state index is 0.160. The van der Waals surface area contributed by atoms with Crippen LogP contribution in [0.4, 0.5) is 0 Å². The third-order valence-corrected chi connectivity index (χ3v) is 6.04. The third kappa shape index (κ3) is 4.33. The molecule has 0 bridgehead atoms. The number of amides is 1. The minimum Gasteiger partial charge on any atom is -0.456 e. The SMILES string of the molecule is O=C(COC(=O)C1CCCN1C(=O)c1cccs1)c1ccc(-c2ccccc2)cc1. The number of Topliss-reactive ketones (excluding diaryl/α,β-unsaturated/α-hetero) is 1. The molecule has 1 amide bonds. The van der Waals surface area contributed by atoms with Crippen LogP contribution in [0.15, 0.2) is 72.1 Å². The predicted octanol–water partition coefficient (Wildman–Crippen LogP) is 4.45. The Labute approximate surface area is 178 Å². The van der Waals surface area contributed by atoms with E-state index >= 15 is 0 Å². The smallest absolute Gasteiger partial charge is 0.329 e. The number of ketones is 1. The number of carbonyl (C=O) groups excluding carboxylic acids is 3. The van der Waals surface area contributed by atoms with Crippen LogP contribution in [0.5, 0.6) is 0 Å². The van der Waals surface area contributed by atoms with Gasteiger partial charge in [0.15, 0.2) is 12.4 Å². The molecule has 1 saturated heterocycles. The summed E-state index contributed by atoms with van der Waals surface area (Å²) in [5, 5.41) is 1.83. The van der Waals surface area contributed by atoms with Crippen LogP contribution in [0.3, 0.4) is 0 Å². The Hall–Kier alpha value is -3.25. The zero-order valence-corrected chi connectivity index (χ0v) is 17.1. The Kier molecular flexibility index (Phi) is 6.05. The van der Waals surface area contributed by atoms with Crippen molar-refractivity contribution in [3.05, 3.63) is 82.6 Å². The van der Waals surface area contributed by atoms with Gasteiger partial charge < -0.3 is 9.64 Å². The van der Waals surface area contributed by atoms with Crippen molar-refractivity contribution in [1.82, 2.24) is 4.90 Å². The van der Waals surface area contributed by atoms with E-state index in [-0.39, 0.29) is 18.3 Å². The van der Waals surface area contributed by atoms with Crippen molar-refractivity contribution in [2.24, 2.45) is 0 Å². The van der Waals surface area contributed by atoms with Gasteiger partial charge in [0, 0.05) is 12.1 Å². The van der Waals surface area contributed by atoms with Crippen molar-refractivity contribution in [2.45, 2.75) is 18.9 Å². The molecule has 5 nitrogen and oxygen atoms in total. The molecule has 1 unspecified atom stereocenters. The van der Waals surface area contributed by atoms with Crippen LogP contribution in [-0.4, -0.2) is 41.8 Å². The van der Waals surface area contributed by atoms with Gasteiger partial charge in [-0.2, -0.15) is 0 Å². The summed E-state index contributed by atoms with van der Waals surface area (Å²) < 4.78 is 5.28. The first-order valence-electron chi connectivity index (χ1n) is 9.83. The van der Waals surface area contributed by atoms with E-state index in [0.29, 0.717) is 23.4 Å². The molecular formula is C24H21NO4S. The highest BCUT2D eigenvalue weighted by atomic mass is 32.1. The van der Waals surface area contributed by atoms with Crippen LogP contribution >= 0.6 is 11.3 Å². The summed E-state index contributed by atoms with van der Waals surface area (Å²) in [5.74, 6) is -0.948. The summed E-state index contributed by atoms with van der Waals surface area (Å²) in [7, 11) is 0. The van der Waals surface area contributed by atoms with Crippen molar-refractivity contribution in [3.8, 4) is 11.1 Å². The van der Waals surface area contributed by atoms with E-state index in [0.717, 1.165) is 17.5 Å². The highest BCUT2D eigenvalue weighted by molar-refractivity contribution is 7.12. The van der Waals surface area contributed by atoms with Crippen molar-refractivity contribution in [1.29, 1.82) is 0 Å². The number of hydrogen-bond donors (Lipinski definition) is 0. The summed E-state index contributed by atoms with van der Waals surface area (Å²) in [6.07, 6.45) is 1.29. The molecular weight excluding hydrogens is 398 g/mol. The van der Waals surface area contributed by atoms with E-state index < -0.39 is 12.0 Å². The van der Waals surface area contributed by atoms with Crippen LogP contribution in [0.2, 0.25) is 0 Å². The molecule has 4 rings (SSSR count). The molecule has 6 heteroatoms. The largest absolute Gasteiger partial charge is 0.456 e. The number of esters is 1. The average Bonchev–Trinajstić information content (AvgIpc) is 3.50. The topological polar surface area (TPSA) is 63.7 Å². The van der Waals surface area contributed by atoms with Gasteiger partial charge in [-0.1, -0.05) is 60.7 Å². The number of carbonyl (C=O) groups is 3. The molecule has 1 atom stereocenters. The van der Waals surface area contributed by atoms with Crippen molar-refractivity contribution in [3.63, 3.8) is 0 Å². The number of benzene rings is 2. The molecule has 0 aliphatic carbocycles. The van der Waals surface area contributed by atoms with Gasteiger partial charge in [-0.25, -0.2) is 4.79 Å². The predicted molar refractivity (Wildman–Crippen MR) is 116 cm³/mol. The Bertz CT molecular complexity index is 1030. The van der Waals surface area contributed by atoms with Gasteiger partial charge in [0.05, 0.1) is 4.88 Å². The lowest BCUT2D eigenvalue weighted by molar-refractivity contribution is -0.147. The number of ether oxygens (including phenoxy) is 1. The molecule has 1 aliphatic rings. The third-order valence-electron chi connectivity index (χ3n) is 5.18. The van der Waals surface area contributed by atoms with Crippen LogP contribution in [-0.2, 0) is 9.53 Å². The first-order valence-corrected chi connectivity index (χ1v) is 10.7. The number of nitrogens with zero attached hydrogens (tertiary/aromatic N) is 1. The van der Waals surface area contributed by atoms with E-state index in [2.05, 4.69) is 0 Å². The second-order valence-corrected chi connectivity index (χ2v) is 8.06. The molecule has 1 fully saturated rings. The first-order chi connectivity index (χ1) is 14.6. The Morgan fingerprint density at radius 3 is 2.37 bits per heavy atom. The molecule has 0 spiro atoms. The van der Waals surface area contributed by atoms with Gasteiger partial charge in [-0.3, -0.25) is 9.59 Å². The molecule has 1 aliphatic heterocycles. The number of likely N-dealkylation sites (tertiary alicyclic amines) is 1. The molecule has 0 saturated carbocycles. The molecule has 2 heterocycles. The molecule has 3 aromatic rings. The standard InChI is InChI=1S/C24H21NO4S/c26-21(19-12-10-18(11-13-19)17-6-2-1-3-7-17)16-29-24(28)20-8-4-14-25(20)23(27)22-9-5-15-30-22/h1-3,5-7,9-13,15,20H,4,8,14,16H2. The molecule has 1 aromatic heterocycles. The van der Waals surface area contributed by atoms with E-state index in [4.69, 9.17) is 4.74 Å². The number of thiophene rings is 1. The average molecular weight is 420 g/mol. The zero-order chi connectivity index (χ0) is 20.9. The number of hydrogen-bond acceptors (Lipinski definition) is 5.